The molecule has 0 bridgehead atoms. The quantitative estimate of drug-likeness (QED) is 0.576. The fraction of sp³-hybridized carbons (Fsp3) is 1.00. The molecule has 1 fully saturated rings. The highest BCUT2D eigenvalue weighted by atomic mass is 16.6. The summed E-state index contributed by atoms with van der Waals surface area (Å²) in [5.74, 6) is 0.0375. The molecule has 0 radical (unpaired) electrons. The molecule has 3 unspecified atom stereocenters. The van der Waals surface area contributed by atoms with Crippen molar-refractivity contribution in [1.29, 1.82) is 0 Å². The van der Waals surface area contributed by atoms with Crippen molar-refractivity contribution in [3.63, 3.8) is 0 Å². The Morgan fingerprint density at radius 1 is 0.850 bits per heavy atom. The van der Waals surface area contributed by atoms with E-state index in [4.69, 9.17) is 0 Å². The van der Waals surface area contributed by atoms with E-state index in [-0.39, 0.29) is 10.8 Å². The lowest BCUT2D eigenvalue weighted by molar-refractivity contribution is -0.537. The molecule has 118 valence electrons. The van der Waals surface area contributed by atoms with Gasteiger partial charge in [-0.25, -0.2) is 0 Å². The van der Waals surface area contributed by atoms with Crippen LogP contribution in [-0.2, 0) is 0 Å². The maximum Gasteiger partial charge on any atom is 0.238 e. The van der Waals surface area contributed by atoms with E-state index in [1.54, 1.807) is 0 Å². The maximum atomic E-state index is 11.2. The van der Waals surface area contributed by atoms with E-state index in [1.807, 2.05) is 6.92 Å². The van der Waals surface area contributed by atoms with E-state index in [1.165, 1.54) is 44.9 Å². The molecule has 0 amide bonds. The van der Waals surface area contributed by atoms with Crippen molar-refractivity contribution in [1.82, 2.24) is 0 Å². The Morgan fingerprint density at radius 2 is 1.25 bits per heavy atom. The molecule has 0 aromatic carbocycles. The van der Waals surface area contributed by atoms with Crippen LogP contribution >= 0.6 is 0 Å². The third-order valence-corrected chi connectivity index (χ3v) is 4.66. The van der Waals surface area contributed by atoms with E-state index in [2.05, 4.69) is 0 Å². The summed E-state index contributed by atoms with van der Waals surface area (Å²) >= 11 is 0. The third kappa shape index (κ3) is 6.69. The van der Waals surface area contributed by atoms with Gasteiger partial charge in [-0.2, -0.15) is 0 Å². The predicted molar refractivity (Wildman–Crippen MR) is 81.4 cm³/mol. The highest BCUT2D eigenvalue weighted by Gasteiger charge is 2.32. The van der Waals surface area contributed by atoms with E-state index >= 15 is 0 Å². The summed E-state index contributed by atoms with van der Waals surface area (Å²) in [6, 6.07) is -0.768. The second-order valence-electron chi connectivity index (χ2n) is 6.43. The van der Waals surface area contributed by atoms with Gasteiger partial charge in [-0.1, -0.05) is 64.7 Å². The van der Waals surface area contributed by atoms with Crippen LogP contribution in [0.5, 0.6) is 0 Å². The summed E-state index contributed by atoms with van der Waals surface area (Å²) in [6.45, 7) is 1.96. The molecule has 4 nitrogen and oxygen atoms in total. The fourth-order valence-electron chi connectivity index (χ4n) is 3.18. The van der Waals surface area contributed by atoms with E-state index in [0.717, 1.165) is 25.7 Å². The molecule has 1 rings (SSSR count). The highest BCUT2D eigenvalue weighted by molar-refractivity contribution is 4.74. The lowest BCUT2D eigenvalue weighted by Crippen LogP contribution is -2.38. The molecule has 0 aromatic rings. The van der Waals surface area contributed by atoms with Crippen molar-refractivity contribution in [3.05, 3.63) is 10.1 Å². The first-order valence-corrected chi connectivity index (χ1v) is 8.44. The summed E-state index contributed by atoms with van der Waals surface area (Å²) in [5.41, 5.74) is 0. The first kappa shape index (κ1) is 17.4. The number of aliphatic hydroxyl groups is 1. The maximum absolute atomic E-state index is 11.2. The lowest BCUT2D eigenvalue weighted by Gasteiger charge is -2.22. The number of nitrogens with zero attached hydrogens (tertiary/aromatic N) is 1. The monoisotopic (exact) mass is 285 g/mol. The Morgan fingerprint density at radius 3 is 1.70 bits per heavy atom. The Kier molecular flexibility index (Phi) is 8.83. The molecule has 3 atom stereocenters. The molecule has 0 aromatic heterocycles. The zero-order chi connectivity index (χ0) is 14.8. The molecule has 0 aliphatic heterocycles. The van der Waals surface area contributed by atoms with Gasteiger partial charge in [0.2, 0.25) is 6.04 Å². The average Bonchev–Trinajstić information content (AvgIpc) is 2.42. The summed E-state index contributed by atoms with van der Waals surface area (Å²) in [6.07, 6.45) is 12.5. The van der Waals surface area contributed by atoms with E-state index in [0.29, 0.717) is 6.42 Å². The van der Waals surface area contributed by atoms with Gasteiger partial charge in [-0.15, -0.1) is 0 Å². The smallest absolute Gasteiger partial charge is 0.238 e. The summed E-state index contributed by atoms with van der Waals surface area (Å²) in [4.78, 5) is 10.9. The van der Waals surface area contributed by atoms with Crippen LogP contribution in [0.1, 0.15) is 84.0 Å². The van der Waals surface area contributed by atoms with Crippen molar-refractivity contribution >= 4 is 0 Å². The van der Waals surface area contributed by atoms with E-state index < -0.39 is 12.1 Å². The third-order valence-electron chi connectivity index (χ3n) is 4.66. The topological polar surface area (TPSA) is 63.4 Å². The minimum Gasteiger partial charge on any atom is -0.386 e. The zero-order valence-electron chi connectivity index (χ0n) is 12.9. The van der Waals surface area contributed by atoms with Crippen LogP contribution in [0, 0.1) is 16.0 Å². The number of hydrogen-bond donors (Lipinski definition) is 1. The highest BCUT2D eigenvalue weighted by Crippen LogP contribution is 2.22. The molecule has 0 heterocycles. The van der Waals surface area contributed by atoms with Gasteiger partial charge in [-0.05, 0) is 18.8 Å². The first-order valence-electron chi connectivity index (χ1n) is 8.44. The van der Waals surface area contributed by atoms with Crippen LogP contribution in [0.4, 0.5) is 0 Å². The molecule has 0 saturated heterocycles. The molecule has 1 aliphatic rings. The fourth-order valence-corrected chi connectivity index (χ4v) is 3.18. The molecule has 4 heteroatoms. The SMILES string of the molecule is CC1CCCCCCCCCCCCC([N+](=O)[O-])C1O. The Hall–Kier alpha value is -0.640. The van der Waals surface area contributed by atoms with Gasteiger partial charge in [0, 0.05) is 11.3 Å². The Balaban J connectivity index is 2.51. The normalized spacial score (nSPS) is 32.0. The summed E-state index contributed by atoms with van der Waals surface area (Å²) < 4.78 is 0. The average molecular weight is 285 g/mol. The molecule has 20 heavy (non-hydrogen) atoms. The Bertz CT molecular complexity index is 270. The molecule has 1 saturated carbocycles. The van der Waals surface area contributed by atoms with Gasteiger partial charge >= 0.3 is 0 Å². The molecule has 1 N–H and O–H groups in total. The van der Waals surface area contributed by atoms with Crippen molar-refractivity contribution < 1.29 is 10.0 Å². The molecular weight excluding hydrogens is 254 g/mol. The van der Waals surface area contributed by atoms with Crippen molar-refractivity contribution in [2.75, 3.05) is 0 Å². The van der Waals surface area contributed by atoms with Crippen LogP contribution in [0.15, 0.2) is 0 Å². The van der Waals surface area contributed by atoms with Gasteiger partial charge < -0.3 is 5.11 Å². The van der Waals surface area contributed by atoms with Gasteiger partial charge in [0.05, 0.1) is 0 Å². The van der Waals surface area contributed by atoms with Crippen LogP contribution in [0.2, 0.25) is 0 Å². The van der Waals surface area contributed by atoms with Gasteiger partial charge in [0.15, 0.2) is 0 Å². The largest absolute Gasteiger partial charge is 0.386 e. The second kappa shape index (κ2) is 10.1. The van der Waals surface area contributed by atoms with Crippen molar-refractivity contribution in [2.45, 2.75) is 96.1 Å². The first-order chi connectivity index (χ1) is 9.63. The standard InChI is InChI=1S/C16H31NO3/c1-14-12-10-8-6-4-2-3-5-7-9-11-13-15(16(14)18)17(19)20/h14-16,18H,2-13H2,1H3. The summed E-state index contributed by atoms with van der Waals surface area (Å²) in [7, 11) is 0. The lowest BCUT2D eigenvalue weighted by atomic mass is 9.90. The number of rotatable bonds is 1. The number of hydrogen-bond acceptors (Lipinski definition) is 3. The molecular formula is C16H31NO3. The van der Waals surface area contributed by atoms with Gasteiger partial charge in [0.1, 0.15) is 6.10 Å². The zero-order valence-corrected chi connectivity index (χ0v) is 12.9. The summed E-state index contributed by atoms with van der Waals surface area (Å²) in [5, 5.41) is 21.4. The van der Waals surface area contributed by atoms with E-state index in [9.17, 15) is 15.2 Å². The van der Waals surface area contributed by atoms with Crippen LogP contribution in [-0.4, -0.2) is 22.2 Å². The minimum absolute atomic E-state index is 0.0375. The number of aliphatic hydroxyl groups excluding tert-OH is 1. The Labute approximate surface area is 123 Å². The second-order valence-corrected chi connectivity index (χ2v) is 6.43. The van der Waals surface area contributed by atoms with Gasteiger partial charge in [-0.3, -0.25) is 10.1 Å². The number of nitro groups is 1. The molecule has 0 spiro atoms. The van der Waals surface area contributed by atoms with Gasteiger partial charge in [0.25, 0.3) is 0 Å². The minimum atomic E-state index is -0.782. The van der Waals surface area contributed by atoms with Crippen LogP contribution in [0.25, 0.3) is 0 Å². The van der Waals surface area contributed by atoms with Crippen molar-refractivity contribution in [3.8, 4) is 0 Å². The van der Waals surface area contributed by atoms with Crippen molar-refractivity contribution in [2.24, 2.45) is 5.92 Å². The van der Waals surface area contributed by atoms with Crippen LogP contribution < -0.4 is 0 Å². The van der Waals surface area contributed by atoms with Crippen LogP contribution in [0.3, 0.4) is 0 Å². The molecule has 1 aliphatic carbocycles. The predicted octanol–water partition coefficient (Wildman–Crippen LogP) is 4.32.